The zero-order valence-corrected chi connectivity index (χ0v) is 15.7. The molecule has 0 aliphatic rings. The Morgan fingerprint density at radius 3 is 2.09 bits per heavy atom. The predicted molar refractivity (Wildman–Crippen MR) is 93.1 cm³/mol. The second-order valence-electron chi connectivity index (χ2n) is 7.28. The van der Waals surface area contributed by atoms with E-state index in [1.807, 2.05) is 20.8 Å². The van der Waals surface area contributed by atoms with Crippen LogP contribution in [0.5, 0.6) is 0 Å². The van der Waals surface area contributed by atoms with Crippen LogP contribution in [0.3, 0.4) is 0 Å². The smallest absolute Gasteiger partial charge is 0.434 e. The van der Waals surface area contributed by atoms with Crippen molar-refractivity contribution >= 4 is 6.16 Å². The van der Waals surface area contributed by atoms with Crippen LogP contribution in [0.15, 0.2) is 0 Å². The van der Waals surface area contributed by atoms with Gasteiger partial charge in [0.15, 0.2) is 0 Å². The van der Waals surface area contributed by atoms with Crippen molar-refractivity contribution in [1.82, 2.24) is 0 Å². The van der Waals surface area contributed by atoms with Gasteiger partial charge in [-0.05, 0) is 25.7 Å². The Kier molecular flexibility index (Phi) is 11.4. The Morgan fingerprint density at radius 2 is 1.55 bits per heavy atom. The van der Waals surface area contributed by atoms with Crippen molar-refractivity contribution in [1.29, 1.82) is 0 Å². The molecule has 0 amide bonds. The number of carbonyl (C=O) groups excluding carboxylic acids is 1. The molecule has 0 saturated carbocycles. The van der Waals surface area contributed by atoms with Crippen LogP contribution in [0.4, 0.5) is 4.79 Å². The lowest BCUT2D eigenvalue weighted by molar-refractivity contribution is -0.0302. The molecule has 3 nitrogen and oxygen atoms in total. The van der Waals surface area contributed by atoms with Gasteiger partial charge in [0.2, 0.25) is 0 Å². The summed E-state index contributed by atoms with van der Waals surface area (Å²) in [6.45, 7) is 13.2. The maximum Gasteiger partial charge on any atom is 0.508 e. The van der Waals surface area contributed by atoms with Crippen molar-refractivity contribution in [3.05, 3.63) is 0 Å². The summed E-state index contributed by atoms with van der Waals surface area (Å²) in [5.74, 6) is 0.336. The molecule has 0 aromatic heterocycles. The molecule has 0 N–H and O–H groups in total. The van der Waals surface area contributed by atoms with Gasteiger partial charge in [0, 0.05) is 5.41 Å². The van der Waals surface area contributed by atoms with E-state index in [9.17, 15) is 4.79 Å². The number of hydrogen-bond donors (Lipinski definition) is 0. The van der Waals surface area contributed by atoms with E-state index in [0.717, 1.165) is 12.8 Å². The molecule has 0 spiro atoms. The normalized spacial score (nSPS) is 15.4. The van der Waals surface area contributed by atoms with Crippen LogP contribution in [0.1, 0.15) is 92.9 Å². The molecule has 0 aromatic carbocycles. The first kappa shape index (κ1) is 21.3. The first-order valence-corrected chi connectivity index (χ1v) is 9.19. The molecule has 0 fully saturated rings. The SMILES string of the molecule is CCCCCCC(C)(CCCC)C(C)OC(=O)OCC(C)C. The lowest BCUT2D eigenvalue weighted by Gasteiger charge is -2.35. The minimum Gasteiger partial charge on any atom is -0.434 e. The standard InChI is InChI=1S/C19H38O3/c1-7-9-11-12-14-19(6,13-10-8-2)17(5)22-18(20)21-15-16(3)4/h16-17H,7-15H2,1-6H3. The summed E-state index contributed by atoms with van der Waals surface area (Å²) in [6.07, 6.45) is 8.98. The highest BCUT2D eigenvalue weighted by Gasteiger charge is 2.33. The number of carbonyl (C=O) groups is 1. The molecule has 3 heteroatoms. The van der Waals surface area contributed by atoms with E-state index in [1.165, 1.54) is 38.5 Å². The second-order valence-corrected chi connectivity index (χ2v) is 7.28. The largest absolute Gasteiger partial charge is 0.508 e. The van der Waals surface area contributed by atoms with Gasteiger partial charge in [-0.3, -0.25) is 0 Å². The van der Waals surface area contributed by atoms with Gasteiger partial charge < -0.3 is 9.47 Å². The van der Waals surface area contributed by atoms with E-state index in [1.54, 1.807) is 0 Å². The molecule has 0 aliphatic heterocycles. The quantitative estimate of drug-likeness (QED) is 0.311. The number of rotatable bonds is 12. The summed E-state index contributed by atoms with van der Waals surface area (Å²) < 4.78 is 10.7. The monoisotopic (exact) mass is 314 g/mol. The molecule has 0 radical (unpaired) electrons. The first-order valence-electron chi connectivity index (χ1n) is 9.19. The molecule has 0 rings (SSSR count). The van der Waals surface area contributed by atoms with E-state index < -0.39 is 6.16 Å². The van der Waals surface area contributed by atoms with Crippen molar-refractivity contribution in [3.63, 3.8) is 0 Å². The predicted octanol–water partition coefficient (Wildman–Crippen LogP) is 6.35. The highest BCUT2D eigenvalue weighted by Crippen LogP contribution is 2.36. The number of ether oxygens (including phenoxy) is 2. The van der Waals surface area contributed by atoms with Crippen LogP contribution < -0.4 is 0 Å². The van der Waals surface area contributed by atoms with Gasteiger partial charge in [0.05, 0.1) is 6.61 Å². The van der Waals surface area contributed by atoms with E-state index in [-0.39, 0.29) is 11.5 Å². The topological polar surface area (TPSA) is 35.5 Å². The summed E-state index contributed by atoms with van der Waals surface area (Å²) in [5.41, 5.74) is 0.0562. The van der Waals surface area contributed by atoms with E-state index >= 15 is 0 Å². The zero-order chi connectivity index (χ0) is 17.0. The summed E-state index contributed by atoms with van der Waals surface area (Å²) in [6, 6.07) is 0. The van der Waals surface area contributed by atoms with Crippen molar-refractivity contribution in [3.8, 4) is 0 Å². The first-order chi connectivity index (χ1) is 10.4. The van der Waals surface area contributed by atoms with Crippen LogP contribution in [0, 0.1) is 11.3 Å². The Balaban J connectivity index is 4.46. The minimum atomic E-state index is -0.516. The Morgan fingerprint density at radius 1 is 0.955 bits per heavy atom. The van der Waals surface area contributed by atoms with Crippen LogP contribution in [-0.4, -0.2) is 18.9 Å². The third kappa shape index (κ3) is 9.32. The lowest BCUT2D eigenvalue weighted by atomic mass is 9.76. The zero-order valence-electron chi connectivity index (χ0n) is 15.7. The molecule has 0 bridgehead atoms. The number of unbranched alkanes of at least 4 members (excludes halogenated alkanes) is 4. The van der Waals surface area contributed by atoms with Gasteiger partial charge in [-0.2, -0.15) is 0 Å². The summed E-state index contributed by atoms with van der Waals surface area (Å²) in [7, 11) is 0. The Labute approximate surface area is 138 Å². The van der Waals surface area contributed by atoms with Crippen LogP contribution >= 0.6 is 0 Å². The fourth-order valence-electron chi connectivity index (χ4n) is 2.62. The third-order valence-electron chi connectivity index (χ3n) is 4.49. The average Bonchev–Trinajstić information content (AvgIpc) is 2.47. The third-order valence-corrected chi connectivity index (χ3v) is 4.49. The fraction of sp³-hybridized carbons (Fsp3) is 0.947. The summed E-state index contributed by atoms with van der Waals surface area (Å²) in [4.78, 5) is 11.8. The second kappa shape index (κ2) is 11.8. The van der Waals surface area contributed by atoms with Crippen molar-refractivity contribution in [2.24, 2.45) is 11.3 Å². The molecular formula is C19H38O3. The van der Waals surface area contributed by atoms with Crippen molar-refractivity contribution in [2.75, 3.05) is 6.61 Å². The molecule has 132 valence electrons. The van der Waals surface area contributed by atoms with Gasteiger partial charge in [-0.1, -0.05) is 73.1 Å². The molecule has 2 unspecified atom stereocenters. The van der Waals surface area contributed by atoms with Crippen LogP contribution in [0.2, 0.25) is 0 Å². The van der Waals surface area contributed by atoms with E-state index in [0.29, 0.717) is 12.5 Å². The molecule has 0 heterocycles. The van der Waals surface area contributed by atoms with E-state index in [4.69, 9.17) is 9.47 Å². The van der Waals surface area contributed by atoms with Gasteiger partial charge in [-0.15, -0.1) is 0 Å². The minimum absolute atomic E-state index is 0.0562. The molecule has 22 heavy (non-hydrogen) atoms. The molecular weight excluding hydrogens is 276 g/mol. The van der Waals surface area contributed by atoms with Gasteiger partial charge in [0.1, 0.15) is 6.10 Å². The van der Waals surface area contributed by atoms with Gasteiger partial charge >= 0.3 is 6.16 Å². The van der Waals surface area contributed by atoms with Crippen LogP contribution in [0.25, 0.3) is 0 Å². The number of hydrogen-bond acceptors (Lipinski definition) is 3. The van der Waals surface area contributed by atoms with Gasteiger partial charge in [-0.25, -0.2) is 4.79 Å². The maximum atomic E-state index is 11.8. The highest BCUT2D eigenvalue weighted by molar-refractivity contribution is 5.60. The van der Waals surface area contributed by atoms with Gasteiger partial charge in [0.25, 0.3) is 0 Å². The lowest BCUT2D eigenvalue weighted by Crippen LogP contribution is -2.34. The molecule has 2 atom stereocenters. The average molecular weight is 315 g/mol. The fourth-order valence-corrected chi connectivity index (χ4v) is 2.62. The summed E-state index contributed by atoms with van der Waals surface area (Å²) in [5, 5.41) is 0. The molecule has 0 saturated heterocycles. The molecule has 0 aromatic rings. The molecule has 0 aliphatic carbocycles. The van der Waals surface area contributed by atoms with Crippen molar-refractivity contribution in [2.45, 2.75) is 99.0 Å². The Bertz CT molecular complexity index is 288. The van der Waals surface area contributed by atoms with E-state index in [2.05, 4.69) is 20.8 Å². The Hall–Kier alpha value is -0.730. The maximum absolute atomic E-state index is 11.8. The highest BCUT2D eigenvalue weighted by atomic mass is 16.7. The summed E-state index contributed by atoms with van der Waals surface area (Å²) >= 11 is 0. The van der Waals surface area contributed by atoms with Crippen molar-refractivity contribution < 1.29 is 14.3 Å². The van der Waals surface area contributed by atoms with Crippen LogP contribution in [-0.2, 0) is 9.47 Å².